The third-order valence-electron chi connectivity index (χ3n) is 3.34. The summed E-state index contributed by atoms with van der Waals surface area (Å²) < 4.78 is 13.4. The van der Waals surface area contributed by atoms with E-state index in [0.29, 0.717) is 19.1 Å². The molecule has 0 amide bonds. The van der Waals surface area contributed by atoms with E-state index in [4.69, 9.17) is 21.1 Å². The highest BCUT2D eigenvalue weighted by Crippen LogP contribution is 2.26. The average Bonchev–Trinajstić information content (AvgIpc) is 2.86. The molecule has 5 heteroatoms. The largest absolute Gasteiger partial charge is 0.492 e. The zero-order chi connectivity index (χ0) is 15.1. The zero-order valence-corrected chi connectivity index (χ0v) is 13.5. The third-order valence-corrected chi connectivity index (χ3v) is 3.58. The van der Waals surface area contributed by atoms with Crippen molar-refractivity contribution in [2.45, 2.75) is 39.1 Å². The summed E-state index contributed by atoms with van der Waals surface area (Å²) in [5.41, 5.74) is 1.93. The highest BCUT2D eigenvalue weighted by atomic mass is 35.5. The number of fused-ring (bicyclic) bond motifs is 1. The Morgan fingerprint density at radius 3 is 2.81 bits per heavy atom. The summed E-state index contributed by atoms with van der Waals surface area (Å²) in [6, 6.07) is 5.98. The fourth-order valence-electron chi connectivity index (χ4n) is 2.30. The van der Waals surface area contributed by atoms with E-state index >= 15 is 0 Å². The smallest absolute Gasteiger partial charge is 0.147 e. The van der Waals surface area contributed by atoms with Crippen LogP contribution in [0.25, 0.3) is 11.0 Å². The molecule has 0 aliphatic heterocycles. The summed E-state index contributed by atoms with van der Waals surface area (Å²) >= 11 is 6.03. The van der Waals surface area contributed by atoms with Crippen LogP contribution in [0.15, 0.2) is 18.2 Å². The van der Waals surface area contributed by atoms with Crippen molar-refractivity contribution in [1.29, 1.82) is 0 Å². The van der Waals surface area contributed by atoms with E-state index in [0.717, 1.165) is 48.6 Å². The van der Waals surface area contributed by atoms with Crippen molar-refractivity contribution in [3.63, 3.8) is 0 Å². The number of halogens is 1. The van der Waals surface area contributed by atoms with Crippen LogP contribution in [0.5, 0.6) is 5.75 Å². The molecule has 0 radical (unpaired) electrons. The maximum Gasteiger partial charge on any atom is 0.147 e. The molecule has 0 bridgehead atoms. The quantitative estimate of drug-likeness (QED) is 0.519. The topological polar surface area (TPSA) is 36.3 Å². The van der Waals surface area contributed by atoms with Gasteiger partial charge in [0, 0.05) is 13.2 Å². The van der Waals surface area contributed by atoms with Crippen molar-refractivity contribution >= 4 is 22.6 Å². The summed E-state index contributed by atoms with van der Waals surface area (Å²) in [6.07, 6.45) is 2.25. The maximum absolute atomic E-state index is 6.03. The van der Waals surface area contributed by atoms with Gasteiger partial charge in [-0.05, 0) is 25.5 Å². The summed E-state index contributed by atoms with van der Waals surface area (Å²) in [4.78, 5) is 4.62. The standard InChI is InChI=1S/C16H23ClN2O2/c1-3-5-10-20-11-9-19-13-7-6-8-14(21-4-2)16(13)18-15(19)12-17/h6-8H,3-5,9-12H2,1-2H3. The van der Waals surface area contributed by atoms with Crippen LogP contribution in [-0.2, 0) is 17.2 Å². The van der Waals surface area contributed by atoms with Gasteiger partial charge >= 0.3 is 0 Å². The number of aromatic nitrogens is 2. The van der Waals surface area contributed by atoms with Crippen LogP contribution in [0.4, 0.5) is 0 Å². The summed E-state index contributed by atoms with van der Waals surface area (Å²) in [5, 5.41) is 0. The number of imidazole rings is 1. The van der Waals surface area contributed by atoms with Gasteiger partial charge in [-0.3, -0.25) is 0 Å². The molecule has 0 spiro atoms. The number of rotatable bonds is 9. The van der Waals surface area contributed by atoms with Gasteiger partial charge in [0.25, 0.3) is 0 Å². The fourth-order valence-corrected chi connectivity index (χ4v) is 2.50. The molecule has 0 N–H and O–H groups in total. The van der Waals surface area contributed by atoms with Crippen LogP contribution in [0.1, 0.15) is 32.5 Å². The molecule has 0 unspecified atom stereocenters. The van der Waals surface area contributed by atoms with E-state index < -0.39 is 0 Å². The predicted molar refractivity (Wildman–Crippen MR) is 86.2 cm³/mol. The van der Waals surface area contributed by atoms with Crippen molar-refractivity contribution in [2.75, 3.05) is 19.8 Å². The van der Waals surface area contributed by atoms with E-state index in [1.54, 1.807) is 0 Å². The zero-order valence-electron chi connectivity index (χ0n) is 12.8. The van der Waals surface area contributed by atoms with Gasteiger partial charge in [0.1, 0.15) is 17.1 Å². The first-order valence-corrected chi connectivity index (χ1v) is 8.09. The lowest BCUT2D eigenvalue weighted by molar-refractivity contribution is 0.124. The molecule has 4 nitrogen and oxygen atoms in total. The number of hydrogen-bond donors (Lipinski definition) is 0. The second-order valence-electron chi connectivity index (χ2n) is 4.84. The predicted octanol–water partition coefficient (Wildman–Crippen LogP) is 3.99. The van der Waals surface area contributed by atoms with Crippen molar-refractivity contribution < 1.29 is 9.47 Å². The second kappa shape index (κ2) is 8.25. The van der Waals surface area contributed by atoms with Crippen LogP contribution < -0.4 is 4.74 Å². The Labute approximate surface area is 131 Å². The molecule has 0 aliphatic rings. The lowest BCUT2D eigenvalue weighted by atomic mass is 10.3. The first-order valence-electron chi connectivity index (χ1n) is 7.56. The number of benzene rings is 1. The van der Waals surface area contributed by atoms with Gasteiger partial charge in [-0.2, -0.15) is 0 Å². The Morgan fingerprint density at radius 2 is 2.10 bits per heavy atom. The molecule has 1 aromatic heterocycles. The number of para-hydroxylation sites is 1. The number of hydrogen-bond acceptors (Lipinski definition) is 3. The fraction of sp³-hybridized carbons (Fsp3) is 0.562. The van der Waals surface area contributed by atoms with Crippen LogP contribution in [-0.4, -0.2) is 29.4 Å². The molecule has 1 aromatic carbocycles. The van der Waals surface area contributed by atoms with E-state index in [1.165, 1.54) is 0 Å². The highest BCUT2D eigenvalue weighted by Gasteiger charge is 2.13. The Morgan fingerprint density at radius 1 is 1.24 bits per heavy atom. The molecule has 1 heterocycles. The molecule has 0 saturated carbocycles. The molecule has 2 rings (SSSR count). The van der Waals surface area contributed by atoms with Crippen molar-refractivity contribution in [3.8, 4) is 5.75 Å². The molecule has 0 fully saturated rings. The SMILES string of the molecule is CCCCOCCn1c(CCl)nc2c(OCC)cccc21. The van der Waals surface area contributed by atoms with Crippen molar-refractivity contribution in [2.24, 2.45) is 0 Å². The molecule has 0 atom stereocenters. The van der Waals surface area contributed by atoms with E-state index in [-0.39, 0.29) is 0 Å². The lowest BCUT2D eigenvalue weighted by Gasteiger charge is -2.09. The van der Waals surface area contributed by atoms with Crippen LogP contribution in [0, 0.1) is 0 Å². The maximum atomic E-state index is 6.03. The number of ether oxygens (including phenoxy) is 2. The molecule has 0 aliphatic carbocycles. The number of unbranched alkanes of at least 4 members (excludes halogenated alkanes) is 1. The summed E-state index contributed by atoms with van der Waals surface area (Å²) in [6.45, 7) is 7.01. The summed E-state index contributed by atoms with van der Waals surface area (Å²) in [7, 11) is 0. The first-order chi connectivity index (χ1) is 10.3. The molecule has 0 saturated heterocycles. The summed E-state index contributed by atoms with van der Waals surface area (Å²) in [5.74, 6) is 2.06. The van der Waals surface area contributed by atoms with Gasteiger partial charge in [-0.15, -0.1) is 11.6 Å². The van der Waals surface area contributed by atoms with Crippen LogP contribution in [0.2, 0.25) is 0 Å². The minimum atomic E-state index is 0.384. The molecule has 21 heavy (non-hydrogen) atoms. The van der Waals surface area contributed by atoms with E-state index in [1.807, 2.05) is 25.1 Å². The Hall–Kier alpha value is -1.26. The third kappa shape index (κ3) is 3.89. The van der Waals surface area contributed by atoms with Crippen molar-refractivity contribution in [1.82, 2.24) is 9.55 Å². The molecular weight excluding hydrogens is 288 g/mol. The highest BCUT2D eigenvalue weighted by molar-refractivity contribution is 6.16. The molecule has 116 valence electrons. The van der Waals surface area contributed by atoms with Gasteiger partial charge in [-0.25, -0.2) is 4.98 Å². The lowest BCUT2D eigenvalue weighted by Crippen LogP contribution is -2.09. The second-order valence-corrected chi connectivity index (χ2v) is 5.10. The minimum absolute atomic E-state index is 0.384. The van der Waals surface area contributed by atoms with Gasteiger partial charge < -0.3 is 14.0 Å². The van der Waals surface area contributed by atoms with E-state index in [2.05, 4.69) is 16.5 Å². The van der Waals surface area contributed by atoms with Gasteiger partial charge in [-0.1, -0.05) is 19.4 Å². The monoisotopic (exact) mass is 310 g/mol. The normalized spacial score (nSPS) is 11.2. The number of nitrogens with zero attached hydrogens (tertiary/aromatic N) is 2. The number of alkyl halides is 1. The Bertz CT molecular complexity index is 569. The minimum Gasteiger partial charge on any atom is -0.492 e. The Kier molecular flexibility index (Phi) is 6.33. The average molecular weight is 311 g/mol. The first kappa shape index (κ1) is 16.1. The van der Waals surface area contributed by atoms with Gasteiger partial charge in [0.15, 0.2) is 0 Å². The Balaban J connectivity index is 2.19. The van der Waals surface area contributed by atoms with Gasteiger partial charge in [0.2, 0.25) is 0 Å². The molecule has 2 aromatic rings. The van der Waals surface area contributed by atoms with Crippen LogP contribution in [0.3, 0.4) is 0 Å². The van der Waals surface area contributed by atoms with Crippen LogP contribution >= 0.6 is 11.6 Å². The molecular formula is C16H23ClN2O2. The van der Waals surface area contributed by atoms with Gasteiger partial charge in [0.05, 0.1) is 24.6 Å². The van der Waals surface area contributed by atoms with Crippen molar-refractivity contribution in [3.05, 3.63) is 24.0 Å². The van der Waals surface area contributed by atoms with E-state index in [9.17, 15) is 0 Å².